The van der Waals surface area contributed by atoms with Crippen molar-refractivity contribution in [1.29, 1.82) is 0 Å². The molecule has 0 aliphatic heterocycles. The Morgan fingerprint density at radius 1 is 1.11 bits per heavy atom. The predicted octanol–water partition coefficient (Wildman–Crippen LogP) is 2.83. The highest BCUT2D eigenvalue weighted by atomic mass is 16.3. The molecule has 4 aromatic rings. The number of fused-ring (bicyclic) bond motifs is 4. The van der Waals surface area contributed by atoms with E-state index in [1.807, 2.05) is 35.9 Å². The maximum absolute atomic E-state index is 12.6. The van der Waals surface area contributed by atoms with E-state index in [0.717, 1.165) is 10.9 Å². The van der Waals surface area contributed by atoms with Crippen molar-refractivity contribution in [2.45, 2.75) is 0 Å². The molecule has 0 aliphatic carbocycles. The van der Waals surface area contributed by atoms with Crippen LogP contribution >= 0.6 is 0 Å². The summed E-state index contributed by atoms with van der Waals surface area (Å²) in [5.74, 6) is 0. The Hall–Kier alpha value is -2.62. The molecule has 0 aliphatic rings. The van der Waals surface area contributed by atoms with Gasteiger partial charge < -0.3 is 8.98 Å². The molecule has 0 saturated heterocycles. The number of benzene rings is 1. The Bertz CT molecular complexity index is 995. The van der Waals surface area contributed by atoms with Crippen molar-refractivity contribution in [2.75, 3.05) is 0 Å². The molecule has 3 aromatic heterocycles. The lowest BCUT2D eigenvalue weighted by Crippen LogP contribution is -2.02. The normalized spacial score (nSPS) is 11.6. The molecule has 4 heteroatoms. The van der Waals surface area contributed by atoms with Gasteiger partial charge in [-0.1, -0.05) is 18.2 Å². The quantitative estimate of drug-likeness (QED) is 0.482. The summed E-state index contributed by atoms with van der Waals surface area (Å²) < 4.78 is 7.68. The minimum absolute atomic E-state index is 0.0267. The van der Waals surface area contributed by atoms with Crippen molar-refractivity contribution in [1.82, 2.24) is 9.55 Å². The third-order valence-electron chi connectivity index (χ3n) is 3.49. The summed E-state index contributed by atoms with van der Waals surface area (Å²) in [4.78, 5) is 16.7. The Morgan fingerprint density at radius 3 is 2.79 bits per heavy atom. The largest absolute Gasteiger partial charge is 0.421 e. The van der Waals surface area contributed by atoms with Gasteiger partial charge in [0, 0.05) is 18.6 Å². The predicted molar refractivity (Wildman–Crippen MR) is 74.3 cm³/mol. The first-order chi connectivity index (χ1) is 9.27. The van der Waals surface area contributed by atoms with Crippen LogP contribution in [0.25, 0.3) is 33.1 Å². The minimum Gasteiger partial charge on any atom is -0.421 e. The highest BCUT2D eigenvalue weighted by Gasteiger charge is 2.15. The van der Waals surface area contributed by atoms with Gasteiger partial charge in [0.25, 0.3) is 0 Å². The van der Waals surface area contributed by atoms with Crippen molar-refractivity contribution in [3.8, 4) is 0 Å². The molecule has 0 saturated carbocycles. The number of aryl methyl sites for hydroxylation is 1. The van der Waals surface area contributed by atoms with Crippen LogP contribution in [0.1, 0.15) is 0 Å². The van der Waals surface area contributed by atoms with Crippen LogP contribution in [0, 0.1) is 0 Å². The van der Waals surface area contributed by atoms with E-state index in [1.54, 1.807) is 18.3 Å². The number of hydrogen-bond donors (Lipinski definition) is 0. The van der Waals surface area contributed by atoms with Gasteiger partial charge in [0.15, 0.2) is 0 Å². The molecule has 92 valence electrons. The third kappa shape index (κ3) is 1.23. The van der Waals surface area contributed by atoms with E-state index in [0.29, 0.717) is 22.2 Å². The molecule has 19 heavy (non-hydrogen) atoms. The summed E-state index contributed by atoms with van der Waals surface area (Å²) in [6.07, 6.45) is 1.62. The van der Waals surface area contributed by atoms with Crippen LogP contribution in [0.3, 0.4) is 0 Å². The molecule has 1 aromatic carbocycles. The maximum atomic E-state index is 12.6. The van der Waals surface area contributed by atoms with Crippen LogP contribution in [0.2, 0.25) is 0 Å². The first kappa shape index (κ1) is 10.3. The summed E-state index contributed by atoms with van der Waals surface area (Å²) in [5, 5.41) is 2.06. The number of rotatable bonds is 0. The molecule has 4 rings (SSSR count). The number of para-hydroxylation sites is 1. The van der Waals surface area contributed by atoms with Gasteiger partial charge in [-0.25, -0.2) is 4.98 Å². The van der Waals surface area contributed by atoms with E-state index in [9.17, 15) is 4.79 Å². The van der Waals surface area contributed by atoms with Crippen molar-refractivity contribution in [3.63, 3.8) is 0 Å². The molecule has 0 radical (unpaired) electrons. The number of pyridine rings is 1. The van der Waals surface area contributed by atoms with E-state index in [4.69, 9.17) is 4.42 Å². The number of hydrogen-bond acceptors (Lipinski definition) is 3. The van der Waals surface area contributed by atoms with Crippen molar-refractivity contribution >= 4 is 33.1 Å². The van der Waals surface area contributed by atoms with Gasteiger partial charge in [0.05, 0.1) is 16.3 Å². The standard InChI is InChI=1S/C15H10N2O2/c1-17-11-7-3-2-5-9(11)12-13(18)10-6-4-8-16-14(10)19-15(12)17/h2-8H,1H3. The molecule has 0 unspecified atom stereocenters. The molecule has 0 amide bonds. The van der Waals surface area contributed by atoms with Crippen molar-refractivity contribution in [2.24, 2.45) is 7.05 Å². The number of aromatic nitrogens is 2. The fourth-order valence-corrected chi connectivity index (χ4v) is 2.58. The van der Waals surface area contributed by atoms with Crippen LogP contribution in [0.5, 0.6) is 0 Å². The second kappa shape index (κ2) is 3.45. The average molecular weight is 250 g/mol. The van der Waals surface area contributed by atoms with Gasteiger partial charge in [0.1, 0.15) is 0 Å². The molecule has 0 atom stereocenters. The highest BCUT2D eigenvalue weighted by Crippen LogP contribution is 2.27. The van der Waals surface area contributed by atoms with Crippen LogP contribution in [-0.4, -0.2) is 9.55 Å². The smallest absolute Gasteiger partial charge is 0.232 e. The van der Waals surface area contributed by atoms with Gasteiger partial charge in [-0.05, 0) is 18.2 Å². The zero-order valence-electron chi connectivity index (χ0n) is 10.3. The van der Waals surface area contributed by atoms with Gasteiger partial charge in [0.2, 0.25) is 16.9 Å². The molecule has 0 bridgehead atoms. The Morgan fingerprint density at radius 2 is 1.89 bits per heavy atom. The lowest BCUT2D eigenvalue weighted by Gasteiger charge is -1.98. The lowest BCUT2D eigenvalue weighted by atomic mass is 10.1. The van der Waals surface area contributed by atoms with Crippen LogP contribution in [-0.2, 0) is 7.05 Å². The molecule has 0 N–H and O–H groups in total. The SMILES string of the molecule is Cn1c2ccccc2c2c(=O)c3cccnc3oc21. The Labute approximate surface area is 107 Å². The molecule has 0 spiro atoms. The molecular weight excluding hydrogens is 240 g/mol. The second-order valence-electron chi connectivity index (χ2n) is 4.54. The zero-order chi connectivity index (χ0) is 13.0. The van der Waals surface area contributed by atoms with Crippen molar-refractivity contribution in [3.05, 3.63) is 52.8 Å². The third-order valence-corrected chi connectivity index (χ3v) is 3.49. The van der Waals surface area contributed by atoms with Gasteiger partial charge >= 0.3 is 0 Å². The monoisotopic (exact) mass is 250 g/mol. The van der Waals surface area contributed by atoms with Crippen LogP contribution in [0.4, 0.5) is 0 Å². The van der Waals surface area contributed by atoms with Gasteiger partial charge in [-0.3, -0.25) is 4.79 Å². The molecule has 0 fully saturated rings. The topological polar surface area (TPSA) is 48.0 Å². The van der Waals surface area contributed by atoms with Gasteiger partial charge in [-0.15, -0.1) is 0 Å². The minimum atomic E-state index is -0.0267. The second-order valence-corrected chi connectivity index (χ2v) is 4.54. The first-order valence-corrected chi connectivity index (χ1v) is 6.02. The van der Waals surface area contributed by atoms with E-state index < -0.39 is 0 Å². The average Bonchev–Trinajstić information content (AvgIpc) is 2.74. The fourth-order valence-electron chi connectivity index (χ4n) is 2.58. The summed E-state index contributed by atoms with van der Waals surface area (Å²) >= 11 is 0. The van der Waals surface area contributed by atoms with Crippen LogP contribution in [0.15, 0.2) is 51.8 Å². The number of nitrogens with zero attached hydrogens (tertiary/aromatic N) is 2. The van der Waals surface area contributed by atoms with E-state index >= 15 is 0 Å². The van der Waals surface area contributed by atoms with Crippen LogP contribution < -0.4 is 5.43 Å². The summed E-state index contributed by atoms with van der Waals surface area (Å²) in [6, 6.07) is 11.3. The van der Waals surface area contributed by atoms with Crippen molar-refractivity contribution < 1.29 is 4.42 Å². The van der Waals surface area contributed by atoms with E-state index in [1.165, 1.54) is 0 Å². The zero-order valence-corrected chi connectivity index (χ0v) is 10.3. The lowest BCUT2D eigenvalue weighted by molar-refractivity contribution is 0.613. The van der Waals surface area contributed by atoms with E-state index in [-0.39, 0.29) is 5.43 Å². The summed E-state index contributed by atoms with van der Waals surface area (Å²) in [6.45, 7) is 0. The van der Waals surface area contributed by atoms with Gasteiger partial charge in [-0.2, -0.15) is 0 Å². The Balaban J connectivity index is 2.42. The first-order valence-electron chi connectivity index (χ1n) is 6.02. The molecule has 4 nitrogen and oxygen atoms in total. The maximum Gasteiger partial charge on any atom is 0.232 e. The van der Waals surface area contributed by atoms with E-state index in [2.05, 4.69) is 4.98 Å². The Kier molecular flexibility index (Phi) is 1.87. The molecular formula is C15H10N2O2. The fraction of sp³-hybridized carbons (Fsp3) is 0.0667. The summed E-state index contributed by atoms with van der Waals surface area (Å²) in [7, 11) is 1.89. The highest BCUT2D eigenvalue weighted by molar-refractivity contribution is 6.08. The summed E-state index contributed by atoms with van der Waals surface area (Å²) in [5.41, 5.74) is 1.90. The molecule has 3 heterocycles.